The van der Waals surface area contributed by atoms with Crippen LogP contribution in [0.3, 0.4) is 0 Å². The van der Waals surface area contributed by atoms with Gasteiger partial charge in [0.1, 0.15) is 11.5 Å². The van der Waals surface area contributed by atoms with Crippen molar-refractivity contribution in [3.8, 4) is 0 Å². The fourth-order valence-corrected chi connectivity index (χ4v) is 4.43. The molecule has 1 aliphatic rings. The van der Waals surface area contributed by atoms with Gasteiger partial charge < -0.3 is 9.15 Å². The van der Waals surface area contributed by atoms with Crippen molar-refractivity contribution in [2.75, 3.05) is 6.61 Å². The molecule has 0 spiro atoms. The van der Waals surface area contributed by atoms with Gasteiger partial charge in [0.15, 0.2) is 4.80 Å². The van der Waals surface area contributed by atoms with Crippen molar-refractivity contribution in [3.05, 3.63) is 90.5 Å². The highest BCUT2D eigenvalue weighted by Gasteiger charge is 2.33. The molecule has 3 aromatic rings. The second-order valence-electron chi connectivity index (χ2n) is 6.66. The molecule has 4 rings (SSSR count). The molecule has 1 aromatic carbocycles. The van der Waals surface area contributed by atoms with Crippen molar-refractivity contribution in [1.29, 1.82) is 0 Å². The van der Waals surface area contributed by atoms with Crippen LogP contribution in [0, 0.1) is 6.92 Å². The second kappa shape index (κ2) is 7.67. The molecular formula is C22H20N2O4S. The second-order valence-corrected chi connectivity index (χ2v) is 7.67. The zero-order chi connectivity index (χ0) is 20.5. The molecule has 6 nitrogen and oxygen atoms in total. The van der Waals surface area contributed by atoms with Crippen LogP contribution in [0.15, 0.2) is 67.9 Å². The zero-order valence-corrected chi connectivity index (χ0v) is 17.2. The molecule has 1 aliphatic heterocycles. The lowest BCUT2D eigenvalue weighted by Crippen LogP contribution is -2.39. The van der Waals surface area contributed by atoms with Crippen LogP contribution < -0.4 is 14.9 Å². The average molecular weight is 408 g/mol. The van der Waals surface area contributed by atoms with Gasteiger partial charge in [-0.3, -0.25) is 9.36 Å². The summed E-state index contributed by atoms with van der Waals surface area (Å²) in [7, 11) is 0. The van der Waals surface area contributed by atoms with E-state index in [9.17, 15) is 9.59 Å². The molecule has 1 atom stereocenters. The molecule has 0 N–H and O–H groups in total. The number of furan rings is 1. The lowest BCUT2D eigenvalue weighted by Gasteiger charge is -2.24. The van der Waals surface area contributed by atoms with Gasteiger partial charge in [-0.05, 0) is 38.5 Å². The third kappa shape index (κ3) is 3.49. The first kappa shape index (κ1) is 19.1. The van der Waals surface area contributed by atoms with Crippen LogP contribution in [-0.2, 0) is 9.53 Å². The van der Waals surface area contributed by atoms with Crippen LogP contribution >= 0.6 is 11.3 Å². The van der Waals surface area contributed by atoms with Crippen molar-refractivity contribution < 1.29 is 13.9 Å². The van der Waals surface area contributed by atoms with E-state index in [-0.39, 0.29) is 12.2 Å². The molecule has 0 radical (unpaired) electrons. The molecule has 0 saturated carbocycles. The Balaban J connectivity index is 1.96. The molecule has 29 heavy (non-hydrogen) atoms. The summed E-state index contributed by atoms with van der Waals surface area (Å²) in [5.41, 5.74) is 1.54. The number of rotatable bonds is 4. The maximum absolute atomic E-state index is 13.3. The molecule has 7 heteroatoms. The normalized spacial score (nSPS) is 16.5. The number of benzene rings is 1. The molecule has 2 aromatic heterocycles. The minimum atomic E-state index is -0.591. The summed E-state index contributed by atoms with van der Waals surface area (Å²) >= 11 is 1.28. The van der Waals surface area contributed by atoms with Gasteiger partial charge in [-0.2, -0.15) is 0 Å². The third-order valence-electron chi connectivity index (χ3n) is 4.67. The van der Waals surface area contributed by atoms with E-state index < -0.39 is 12.0 Å². The van der Waals surface area contributed by atoms with E-state index >= 15 is 0 Å². The topological polar surface area (TPSA) is 73.8 Å². The van der Waals surface area contributed by atoms with Crippen LogP contribution in [0.4, 0.5) is 0 Å². The predicted octanol–water partition coefficient (Wildman–Crippen LogP) is 2.70. The van der Waals surface area contributed by atoms with Crippen molar-refractivity contribution in [2.24, 2.45) is 4.99 Å². The molecule has 0 amide bonds. The Labute approximate surface area is 171 Å². The van der Waals surface area contributed by atoms with Gasteiger partial charge >= 0.3 is 5.97 Å². The molecule has 0 bridgehead atoms. The minimum Gasteiger partial charge on any atom is -0.463 e. The number of carbonyl (C=O) groups is 1. The van der Waals surface area contributed by atoms with E-state index in [2.05, 4.69) is 4.99 Å². The van der Waals surface area contributed by atoms with Crippen LogP contribution in [0.25, 0.3) is 6.08 Å². The lowest BCUT2D eigenvalue weighted by atomic mass is 9.96. The quantitative estimate of drug-likeness (QED) is 0.622. The molecule has 148 valence electrons. The SMILES string of the molecule is CCOC(=O)C1=C(C)N=c2s/c(=C\c3ccc(C)o3)c(=O)n2[C@H]1c1ccccc1. The first-order chi connectivity index (χ1) is 14.0. The number of hydrogen-bond donors (Lipinski definition) is 0. The summed E-state index contributed by atoms with van der Waals surface area (Å²) in [4.78, 5) is 31.1. The van der Waals surface area contributed by atoms with Gasteiger partial charge in [-0.25, -0.2) is 9.79 Å². The van der Waals surface area contributed by atoms with Gasteiger partial charge in [-0.15, -0.1) is 0 Å². The number of allylic oxidation sites excluding steroid dienone is 1. The third-order valence-corrected chi connectivity index (χ3v) is 5.65. The fraction of sp³-hybridized carbons (Fsp3) is 0.227. The van der Waals surface area contributed by atoms with E-state index in [0.29, 0.717) is 26.4 Å². The highest BCUT2D eigenvalue weighted by Crippen LogP contribution is 2.30. The summed E-state index contributed by atoms with van der Waals surface area (Å²) in [6.07, 6.45) is 1.71. The van der Waals surface area contributed by atoms with Crippen molar-refractivity contribution in [3.63, 3.8) is 0 Å². The van der Waals surface area contributed by atoms with Gasteiger partial charge in [0.2, 0.25) is 0 Å². The van der Waals surface area contributed by atoms with E-state index in [4.69, 9.17) is 9.15 Å². The number of hydrogen-bond acceptors (Lipinski definition) is 6. The van der Waals surface area contributed by atoms with E-state index in [0.717, 1.165) is 11.3 Å². The van der Waals surface area contributed by atoms with Gasteiger partial charge in [-0.1, -0.05) is 41.7 Å². The number of thiazole rings is 1. The maximum atomic E-state index is 13.3. The number of esters is 1. The monoisotopic (exact) mass is 408 g/mol. The van der Waals surface area contributed by atoms with Gasteiger partial charge in [0.05, 0.1) is 28.5 Å². The summed E-state index contributed by atoms with van der Waals surface area (Å²) in [5.74, 6) is 0.913. The molecule has 3 heterocycles. The summed E-state index contributed by atoms with van der Waals surface area (Å²) in [5, 5.41) is 0. The molecule has 0 aliphatic carbocycles. The standard InChI is InChI=1S/C22H20N2O4S/c1-4-27-21(26)18-14(3)23-22-24(19(18)15-8-6-5-7-9-15)20(25)17(29-22)12-16-11-10-13(2)28-16/h5-12,19H,4H2,1-3H3/b17-12-/t19-/m0/s1. The Morgan fingerprint density at radius 3 is 2.66 bits per heavy atom. The highest BCUT2D eigenvalue weighted by atomic mass is 32.1. The van der Waals surface area contributed by atoms with Crippen LogP contribution in [-0.4, -0.2) is 17.1 Å². The fourth-order valence-electron chi connectivity index (χ4n) is 3.40. The predicted molar refractivity (Wildman–Crippen MR) is 110 cm³/mol. The Morgan fingerprint density at radius 2 is 2.00 bits per heavy atom. The molecule has 0 saturated heterocycles. The number of ether oxygens (including phenoxy) is 1. The van der Waals surface area contributed by atoms with E-state index in [1.54, 1.807) is 24.5 Å². The first-order valence-corrected chi connectivity index (χ1v) is 10.1. The summed E-state index contributed by atoms with van der Waals surface area (Å²) in [6, 6.07) is 12.5. The van der Waals surface area contributed by atoms with Crippen molar-refractivity contribution in [1.82, 2.24) is 4.57 Å². The van der Waals surface area contributed by atoms with Crippen molar-refractivity contribution >= 4 is 23.4 Å². The molecule has 0 fully saturated rings. The van der Waals surface area contributed by atoms with Gasteiger partial charge in [0, 0.05) is 6.08 Å². The lowest BCUT2D eigenvalue weighted by molar-refractivity contribution is -0.139. The maximum Gasteiger partial charge on any atom is 0.338 e. The largest absolute Gasteiger partial charge is 0.463 e. The van der Waals surface area contributed by atoms with Crippen LogP contribution in [0.2, 0.25) is 0 Å². The summed E-state index contributed by atoms with van der Waals surface area (Å²) < 4.78 is 12.9. The number of fused-ring (bicyclic) bond motifs is 1. The first-order valence-electron chi connectivity index (χ1n) is 9.30. The molecular weight excluding hydrogens is 388 g/mol. The van der Waals surface area contributed by atoms with Crippen LogP contribution in [0.1, 0.15) is 37.0 Å². The summed E-state index contributed by atoms with van der Waals surface area (Å²) in [6.45, 7) is 5.63. The Morgan fingerprint density at radius 1 is 1.24 bits per heavy atom. The van der Waals surface area contributed by atoms with Crippen LogP contribution in [0.5, 0.6) is 0 Å². The number of aryl methyl sites for hydroxylation is 1. The van der Waals surface area contributed by atoms with Crippen molar-refractivity contribution in [2.45, 2.75) is 26.8 Å². The van der Waals surface area contributed by atoms with E-state index in [1.807, 2.05) is 49.4 Å². The number of carbonyl (C=O) groups excluding carboxylic acids is 1. The Kier molecular flexibility index (Phi) is 5.07. The highest BCUT2D eigenvalue weighted by molar-refractivity contribution is 7.07. The molecule has 0 unspecified atom stereocenters. The smallest absolute Gasteiger partial charge is 0.338 e. The zero-order valence-electron chi connectivity index (χ0n) is 16.3. The number of nitrogens with zero attached hydrogens (tertiary/aromatic N) is 2. The number of aromatic nitrogens is 1. The average Bonchev–Trinajstić information content (AvgIpc) is 3.24. The van der Waals surface area contributed by atoms with Gasteiger partial charge in [0.25, 0.3) is 5.56 Å². The minimum absolute atomic E-state index is 0.217. The van der Waals surface area contributed by atoms with E-state index in [1.165, 1.54) is 11.3 Å². The Bertz CT molecular complexity index is 1280. The Hall–Kier alpha value is -3.19.